The molecule has 3 unspecified atom stereocenters. The van der Waals surface area contributed by atoms with Gasteiger partial charge in [0.15, 0.2) is 0 Å². The van der Waals surface area contributed by atoms with Crippen LogP contribution in [0.4, 0.5) is 0 Å². The highest BCUT2D eigenvalue weighted by Crippen LogP contribution is 2.43. The van der Waals surface area contributed by atoms with Crippen molar-refractivity contribution < 1.29 is 37.3 Å². The molecule has 3 atom stereocenters. The number of quaternary nitrogens is 1. The molecule has 0 spiro atoms. The zero-order valence-electron chi connectivity index (χ0n) is 47.0. The van der Waals surface area contributed by atoms with Gasteiger partial charge in [0.25, 0.3) is 0 Å². The second-order valence-corrected chi connectivity index (χ2v) is 22.3. The molecule has 0 aliphatic heterocycles. The van der Waals surface area contributed by atoms with Gasteiger partial charge in [0.05, 0.1) is 33.8 Å². The summed E-state index contributed by atoms with van der Waals surface area (Å²) in [6.07, 6.45) is 64.6. The maximum absolute atomic E-state index is 13.5. The average Bonchev–Trinajstić information content (AvgIpc) is 3.33. The van der Waals surface area contributed by atoms with Gasteiger partial charge in [-0.1, -0.05) is 229 Å². The number of likely N-dealkylation sites (N-methyl/N-ethyl adjacent to an activating group) is 1. The van der Waals surface area contributed by atoms with Crippen LogP contribution in [0.3, 0.4) is 0 Å². The van der Waals surface area contributed by atoms with E-state index in [1.54, 1.807) is 0 Å². The normalized spacial score (nSPS) is 14.3. The fraction of sp³-hybridized carbons (Fsp3) is 0.770. The van der Waals surface area contributed by atoms with Crippen LogP contribution >= 0.6 is 7.82 Å². The number of allylic oxidation sites excluding steroid dienone is 11. The largest absolute Gasteiger partial charge is 0.472 e. The second-order valence-electron chi connectivity index (χ2n) is 20.8. The van der Waals surface area contributed by atoms with Crippen LogP contribution in [0.2, 0.25) is 0 Å². The van der Waals surface area contributed by atoms with E-state index in [0.717, 1.165) is 96.3 Å². The molecule has 0 heterocycles. The van der Waals surface area contributed by atoms with E-state index in [2.05, 4.69) is 86.8 Å². The van der Waals surface area contributed by atoms with Crippen molar-refractivity contribution in [2.24, 2.45) is 0 Å². The lowest BCUT2D eigenvalue weighted by molar-refractivity contribution is -0.870. The number of ether oxygens (including phenoxy) is 1. The molecular weight excluding hydrogens is 904 g/mol. The summed E-state index contributed by atoms with van der Waals surface area (Å²) in [6.45, 7) is 6.84. The number of carbonyl (C=O) groups excluding carboxylic acids is 2. The fourth-order valence-electron chi connectivity index (χ4n) is 8.15. The maximum atomic E-state index is 13.5. The Labute approximate surface area is 438 Å². The molecule has 0 bridgehead atoms. The van der Waals surface area contributed by atoms with Crippen LogP contribution < -0.4 is 5.32 Å². The predicted octanol–water partition coefficient (Wildman–Crippen LogP) is 17.7. The van der Waals surface area contributed by atoms with Gasteiger partial charge in [-0.25, -0.2) is 4.57 Å². The van der Waals surface area contributed by atoms with E-state index in [4.69, 9.17) is 13.8 Å². The van der Waals surface area contributed by atoms with Crippen molar-refractivity contribution in [3.8, 4) is 0 Å². The van der Waals surface area contributed by atoms with Crippen LogP contribution in [0.1, 0.15) is 252 Å². The number of phosphoric acid groups is 1. The van der Waals surface area contributed by atoms with E-state index in [1.807, 2.05) is 33.3 Å². The van der Waals surface area contributed by atoms with E-state index < -0.39 is 20.0 Å². The molecule has 412 valence electrons. The minimum atomic E-state index is -4.45. The Balaban J connectivity index is 5.29. The molecule has 0 aromatic rings. The minimum absolute atomic E-state index is 0.0348. The highest BCUT2D eigenvalue weighted by molar-refractivity contribution is 7.47. The van der Waals surface area contributed by atoms with Crippen LogP contribution in [0.25, 0.3) is 0 Å². The summed E-state index contributed by atoms with van der Waals surface area (Å²) in [5.41, 5.74) is 0. The van der Waals surface area contributed by atoms with Gasteiger partial charge in [0, 0.05) is 12.8 Å². The molecule has 2 N–H and O–H groups in total. The highest BCUT2D eigenvalue weighted by Gasteiger charge is 2.30. The number of unbranched alkanes of at least 4 members (excludes halogenated alkanes) is 28. The van der Waals surface area contributed by atoms with Crippen LogP contribution in [-0.2, 0) is 27.9 Å². The number of phosphoric ester groups is 1. The fourth-order valence-corrected chi connectivity index (χ4v) is 8.88. The van der Waals surface area contributed by atoms with Crippen LogP contribution in [-0.4, -0.2) is 74.3 Å². The lowest BCUT2D eigenvalue weighted by Gasteiger charge is -2.27. The number of carbonyl (C=O) groups is 2. The first-order valence-electron chi connectivity index (χ1n) is 29.3. The van der Waals surface area contributed by atoms with Gasteiger partial charge in [-0.3, -0.25) is 18.6 Å². The summed E-state index contributed by atoms with van der Waals surface area (Å²) in [4.78, 5) is 37.6. The topological polar surface area (TPSA) is 111 Å². The maximum Gasteiger partial charge on any atom is 0.472 e. The number of nitrogens with zero attached hydrogens (tertiary/aromatic N) is 1. The molecule has 10 heteroatoms. The molecule has 9 nitrogen and oxygen atoms in total. The molecule has 0 radical (unpaired) electrons. The van der Waals surface area contributed by atoms with Crippen molar-refractivity contribution in [2.75, 3.05) is 40.9 Å². The number of rotatable bonds is 52. The zero-order chi connectivity index (χ0) is 52.2. The minimum Gasteiger partial charge on any atom is -0.456 e. The third-order valence-electron chi connectivity index (χ3n) is 12.7. The number of amides is 1. The Hall–Kier alpha value is -2.55. The van der Waals surface area contributed by atoms with Crippen molar-refractivity contribution >= 4 is 19.7 Å². The van der Waals surface area contributed by atoms with Gasteiger partial charge in [-0.2, -0.15) is 0 Å². The molecule has 0 fully saturated rings. The molecule has 71 heavy (non-hydrogen) atoms. The van der Waals surface area contributed by atoms with Crippen molar-refractivity contribution in [2.45, 2.75) is 264 Å². The Morgan fingerprint density at radius 3 is 1.48 bits per heavy atom. The first-order valence-corrected chi connectivity index (χ1v) is 30.8. The molecule has 1 amide bonds. The van der Waals surface area contributed by atoms with Crippen molar-refractivity contribution in [3.63, 3.8) is 0 Å². The Kier molecular flexibility index (Phi) is 49.1. The Bertz CT molecular complexity index is 1450. The number of hydrogen-bond donors (Lipinski definition) is 2. The van der Waals surface area contributed by atoms with E-state index in [9.17, 15) is 19.0 Å². The third kappa shape index (κ3) is 52.1. The van der Waals surface area contributed by atoms with Gasteiger partial charge in [0.1, 0.15) is 19.3 Å². The molecule has 0 aromatic carbocycles. The Morgan fingerprint density at radius 2 is 0.958 bits per heavy atom. The molecule has 0 aliphatic rings. The summed E-state index contributed by atoms with van der Waals surface area (Å²) in [5, 5.41) is 3.04. The smallest absolute Gasteiger partial charge is 0.456 e. The highest BCUT2D eigenvalue weighted by atomic mass is 31.2. The first-order chi connectivity index (χ1) is 34.4. The van der Waals surface area contributed by atoms with Gasteiger partial charge in [-0.15, -0.1) is 0 Å². The molecule has 0 saturated heterocycles. The molecule has 0 aliphatic carbocycles. The average molecular weight is 1020 g/mol. The summed E-state index contributed by atoms with van der Waals surface area (Å²) >= 11 is 0. The quantitative estimate of drug-likeness (QED) is 0.0156. The van der Waals surface area contributed by atoms with Crippen molar-refractivity contribution in [1.82, 2.24) is 5.32 Å². The lowest BCUT2D eigenvalue weighted by Crippen LogP contribution is -2.47. The number of esters is 1. The summed E-state index contributed by atoms with van der Waals surface area (Å²) in [5.74, 6) is -0.525. The lowest BCUT2D eigenvalue weighted by atomic mass is 10.0. The molecule has 0 aromatic heterocycles. The van der Waals surface area contributed by atoms with Crippen LogP contribution in [0.15, 0.2) is 72.9 Å². The molecule has 0 rings (SSSR count). The summed E-state index contributed by atoms with van der Waals surface area (Å²) in [7, 11) is 1.48. The van der Waals surface area contributed by atoms with Crippen molar-refractivity contribution in [3.05, 3.63) is 72.9 Å². The summed E-state index contributed by atoms with van der Waals surface area (Å²) < 4.78 is 30.6. The number of nitrogens with one attached hydrogen (secondary N) is 1. The van der Waals surface area contributed by atoms with Gasteiger partial charge in [0.2, 0.25) is 5.91 Å². The van der Waals surface area contributed by atoms with E-state index in [1.165, 1.54) is 122 Å². The molecular formula is C61H112N2O7P+. The van der Waals surface area contributed by atoms with Gasteiger partial charge >= 0.3 is 13.8 Å². The summed E-state index contributed by atoms with van der Waals surface area (Å²) in [6, 6.07) is -0.857. The Morgan fingerprint density at radius 1 is 0.521 bits per heavy atom. The predicted molar refractivity (Wildman–Crippen MR) is 305 cm³/mol. The number of hydrogen-bond acceptors (Lipinski definition) is 6. The van der Waals surface area contributed by atoms with Gasteiger partial charge in [-0.05, 0) is 83.1 Å². The monoisotopic (exact) mass is 1020 g/mol. The van der Waals surface area contributed by atoms with E-state index >= 15 is 0 Å². The van der Waals surface area contributed by atoms with Gasteiger partial charge < -0.3 is 19.4 Å². The van der Waals surface area contributed by atoms with E-state index in [-0.39, 0.29) is 31.5 Å². The third-order valence-corrected chi connectivity index (χ3v) is 13.7. The van der Waals surface area contributed by atoms with E-state index in [0.29, 0.717) is 17.4 Å². The molecule has 0 saturated carbocycles. The van der Waals surface area contributed by atoms with Crippen LogP contribution in [0.5, 0.6) is 0 Å². The zero-order valence-corrected chi connectivity index (χ0v) is 47.8. The SMILES string of the molecule is CC/C=C/C=C/C=C/CCCCCCCCCC(=O)OC(/C=C\CCCCCCCCCCC)C(COP(=O)(O)OCC[N+](C)(C)C)NC(=O)CCCCCCCCCCC/C=C\C/C=C\CCCCC. The van der Waals surface area contributed by atoms with Crippen molar-refractivity contribution in [1.29, 1.82) is 0 Å². The standard InChI is InChI=1S/C61H111N2O7P/c1-7-10-13-16-19-22-25-27-29-30-31-32-34-35-38-41-44-47-50-53-60(64)62-58(57-69-71(66,67)68-56-55-63(4,5)6)59(52-49-46-43-40-37-24-21-18-15-12-9-3)70-61(65)54-51-48-45-42-39-36-33-28-26-23-20-17-14-11-8-2/h11,14,17,19-20,22-23,26-27,29,49,52,58-59H,7-10,12-13,15-16,18,21,24-25,28,30-48,50-51,53-57H2,1-6H3,(H-,62,64,66,67)/p+1/b14-11+,20-17+,22-19-,26-23+,29-27-,52-49-. The van der Waals surface area contributed by atoms with Crippen LogP contribution in [0, 0.1) is 0 Å². The second kappa shape index (κ2) is 51.0. The first kappa shape index (κ1) is 68.5.